The summed E-state index contributed by atoms with van der Waals surface area (Å²) in [6.07, 6.45) is 0.994. The van der Waals surface area contributed by atoms with Crippen LogP contribution in [0.5, 0.6) is 0 Å². The second-order valence-electron chi connectivity index (χ2n) is 4.51. The lowest BCUT2D eigenvalue weighted by Gasteiger charge is -2.16. The standard InChI is InChI=1S/C15H21NO2S/c1-16-13(10-18-8-7-17-2)9-12-11-19-15-6-4-3-5-14(12)15/h3-6,11,13,16H,7-10H2,1-2H3. The molecule has 1 unspecified atom stereocenters. The Morgan fingerprint density at radius 2 is 2.11 bits per heavy atom. The average Bonchev–Trinajstić information content (AvgIpc) is 2.85. The molecule has 1 aromatic carbocycles. The summed E-state index contributed by atoms with van der Waals surface area (Å²) < 4.78 is 11.9. The second-order valence-corrected chi connectivity index (χ2v) is 5.43. The molecule has 0 aliphatic heterocycles. The Kier molecular flexibility index (Phi) is 5.79. The van der Waals surface area contributed by atoms with Gasteiger partial charge in [0.25, 0.3) is 0 Å². The van der Waals surface area contributed by atoms with E-state index in [9.17, 15) is 0 Å². The molecule has 0 aliphatic carbocycles. The number of thiophene rings is 1. The molecule has 1 aromatic heterocycles. The first kappa shape index (κ1) is 14.5. The normalized spacial score (nSPS) is 12.9. The second kappa shape index (κ2) is 7.60. The van der Waals surface area contributed by atoms with E-state index >= 15 is 0 Å². The Bertz CT molecular complexity index is 498. The molecule has 0 spiro atoms. The summed E-state index contributed by atoms with van der Waals surface area (Å²) in [4.78, 5) is 0. The van der Waals surface area contributed by atoms with Crippen molar-refractivity contribution in [2.45, 2.75) is 12.5 Å². The fourth-order valence-corrected chi connectivity index (χ4v) is 3.04. The number of methoxy groups -OCH3 is 1. The first-order valence-corrected chi connectivity index (χ1v) is 7.42. The van der Waals surface area contributed by atoms with Crippen LogP contribution in [-0.2, 0) is 15.9 Å². The lowest BCUT2D eigenvalue weighted by Crippen LogP contribution is -2.32. The molecule has 2 aromatic rings. The van der Waals surface area contributed by atoms with Crippen LogP contribution in [0.2, 0.25) is 0 Å². The van der Waals surface area contributed by atoms with Gasteiger partial charge in [0.1, 0.15) is 0 Å². The SMILES string of the molecule is CNC(COCCOC)Cc1csc2ccccc12. The van der Waals surface area contributed by atoms with Gasteiger partial charge in [-0.05, 0) is 35.9 Å². The summed E-state index contributed by atoms with van der Waals surface area (Å²) in [5.74, 6) is 0. The Balaban J connectivity index is 1.94. The number of ether oxygens (including phenoxy) is 2. The van der Waals surface area contributed by atoms with Gasteiger partial charge < -0.3 is 14.8 Å². The zero-order chi connectivity index (χ0) is 13.5. The van der Waals surface area contributed by atoms with Crippen molar-refractivity contribution in [1.29, 1.82) is 0 Å². The number of benzene rings is 1. The number of hydrogen-bond donors (Lipinski definition) is 1. The molecule has 0 saturated heterocycles. The van der Waals surface area contributed by atoms with E-state index in [1.807, 2.05) is 18.4 Å². The van der Waals surface area contributed by atoms with Gasteiger partial charge in [0, 0.05) is 17.9 Å². The molecule has 1 N–H and O–H groups in total. The van der Waals surface area contributed by atoms with Crippen LogP contribution in [0.1, 0.15) is 5.56 Å². The molecule has 0 bridgehead atoms. The molecular formula is C15H21NO2S. The quantitative estimate of drug-likeness (QED) is 0.754. The zero-order valence-electron chi connectivity index (χ0n) is 11.5. The van der Waals surface area contributed by atoms with Gasteiger partial charge in [0.05, 0.1) is 19.8 Å². The smallest absolute Gasteiger partial charge is 0.0701 e. The van der Waals surface area contributed by atoms with E-state index in [1.165, 1.54) is 15.6 Å². The molecule has 104 valence electrons. The topological polar surface area (TPSA) is 30.5 Å². The highest BCUT2D eigenvalue weighted by Gasteiger charge is 2.11. The molecule has 0 radical (unpaired) electrons. The van der Waals surface area contributed by atoms with Crippen LogP contribution in [0.3, 0.4) is 0 Å². The summed E-state index contributed by atoms with van der Waals surface area (Å²) in [6.45, 7) is 2.01. The summed E-state index contributed by atoms with van der Waals surface area (Å²) in [7, 11) is 3.68. The van der Waals surface area contributed by atoms with E-state index in [0.29, 0.717) is 25.9 Å². The monoisotopic (exact) mass is 279 g/mol. The van der Waals surface area contributed by atoms with Gasteiger partial charge in [0.2, 0.25) is 0 Å². The van der Waals surface area contributed by atoms with Crippen LogP contribution in [0.4, 0.5) is 0 Å². The number of fused-ring (bicyclic) bond motifs is 1. The van der Waals surface area contributed by atoms with Gasteiger partial charge in [0.15, 0.2) is 0 Å². The summed E-state index contributed by atoms with van der Waals surface area (Å²) >= 11 is 1.81. The average molecular weight is 279 g/mol. The van der Waals surface area contributed by atoms with E-state index in [0.717, 1.165) is 6.42 Å². The molecule has 0 amide bonds. The van der Waals surface area contributed by atoms with E-state index in [1.54, 1.807) is 7.11 Å². The van der Waals surface area contributed by atoms with E-state index in [-0.39, 0.29) is 0 Å². The molecule has 19 heavy (non-hydrogen) atoms. The van der Waals surface area contributed by atoms with Crippen molar-refractivity contribution >= 4 is 21.4 Å². The first-order valence-electron chi connectivity index (χ1n) is 6.54. The third-order valence-corrected chi connectivity index (χ3v) is 4.20. The minimum atomic E-state index is 0.342. The fourth-order valence-electron chi connectivity index (χ4n) is 2.07. The predicted molar refractivity (Wildman–Crippen MR) is 81.1 cm³/mol. The molecule has 3 nitrogen and oxygen atoms in total. The van der Waals surface area contributed by atoms with Crippen LogP contribution in [-0.4, -0.2) is 40.0 Å². The highest BCUT2D eigenvalue weighted by Crippen LogP contribution is 2.26. The maximum absolute atomic E-state index is 5.60. The lowest BCUT2D eigenvalue weighted by atomic mass is 10.1. The van der Waals surface area contributed by atoms with Crippen LogP contribution in [0.15, 0.2) is 29.6 Å². The minimum Gasteiger partial charge on any atom is -0.382 e. The van der Waals surface area contributed by atoms with Crippen molar-refractivity contribution < 1.29 is 9.47 Å². The van der Waals surface area contributed by atoms with Crippen molar-refractivity contribution in [2.24, 2.45) is 0 Å². The van der Waals surface area contributed by atoms with Crippen LogP contribution >= 0.6 is 11.3 Å². The summed E-state index contributed by atoms with van der Waals surface area (Å²) in [5, 5.41) is 6.94. The highest BCUT2D eigenvalue weighted by atomic mass is 32.1. The number of likely N-dealkylation sites (N-methyl/N-ethyl adjacent to an activating group) is 1. The van der Waals surface area contributed by atoms with E-state index < -0.39 is 0 Å². The fraction of sp³-hybridized carbons (Fsp3) is 0.467. The molecular weight excluding hydrogens is 258 g/mol. The zero-order valence-corrected chi connectivity index (χ0v) is 12.3. The number of hydrogen-bond acceptors (Lipinski definition) is 4. The predicted octanol–water partition coefficient (Wildman–Crippen LogP) is 2.69. The molecule has 1 atom stereocenters. The van der Waals surface area contributed by atoms with Crippen molar-refractivity contribution in [3.8, 4) is 0 Å². The van der Waals surface area contributed by atoms with Gasteiger partial charge in [-0.1, -0.05) is 18.2 Å². The van der Waals surface area contributed by atoms with Gasteiger partial charge in [-0.2, -0.15) is 0 Å². The van der Waals surface area contributed by atoms with Crippen molar-refractivity contribution in [2.75, 3.05) is 34.0 Å². The van der Waals surface area contributed by atoms with Crippen LogP contribution < -0.4 is 5.32 Å². The summed E-state index contributed by atoms with van der Waals surface area (Å²) in [5.41, 5.74) is 1.40. The first-order chi connectivity index (χ1) is 9.35. The Morgan fingerprint density at radius 3 is 2.89 bits per heavy atom. The molecule has 0 saturated carbocycles. The third kappa shape index (κ3) is 4.01. The number of nitrogens with one attached hydrogen (secondary N) is 1. The molecule has 1 heterocycles. The highest BCUT2D eigenvalue weighted by molar-refractivity contribution is 7.17. The molecule has 0 aliphatic rings. The number of rotatable bonds is 8. The Labute approximate surface area is 118 Å². The molecule has 0 fully saturated rings. The molecule has 4 heteroatoms. The van der Waals surface area contributed by atoms with Crippen LogP contribution in [0, 0.1) is 0 Å². The van der Waals surface area contributed by atoms with Gasteiger partial charge in [-0.15, -0.1) is 11.3 Å². The maximum atomic E-state index is 5.60. The summed E-state index contributed by atoms with van der Waals surface area (Å²) in [6, 6.07) is 8.90. The van der Waals surface area contributed by atoms with Gasteiger partial charge >= 0.3 is 0 Å². The van der Waals surface area contributed by atoms with Crippen molar-refractivity contribution in [1.82, 2.24) is 5.32 Å². The lowest BCUT2D eigenvalue weighted by molar-refractivity contribution is 0.0598. The van der Waals surface area contributed by atoms with Crippen molar-refractivity contribution in [3.63, 3.8) is 0 Å². The Morgan fingerprint density at radius 1 is 1.26 bits per heavy atom. The van der Waals surface area contributed by atoms with E-state index in [4.69, 9.17) is 9.47 Å². The third-order valence-electron chi connectivity index (χ3n) is 3.19. The van der Waals surface area contributed by atoms with Gasteiger partial charge in [-0.25, -0.2) is 0 Å². The minimum absolute atomic E-state index is 0.342. The maximum Gasteiger partial charge on any atom is 0.0701 e. The van der Waals surface area contributed by atoms with Crippen LogP contribution in [0.25, 0.3) is 10.1 Å². The van der Waals surface area contributed by atoms with Gasteiger partial charge in [-0.3, -0.25) is 0 Å². The largest absolute Gasteiger partial charge is 0.382 e. The van der Waals surface area contributed by atoms with E-state index in [2.05, 4.69) is 35.0 Å². The molecule has 2 rings (SSSR count). The van der Waals surface area contributed by atoms with Crippen molar-refractivity contribution in [3.05, 3.63) is 35.2 Å². The Hall–Kier alpha value is -0.940.